The number of likely N-dealkylation sites (N-methyl/N-ethyl adjacent to an activating group) is 1. The summed E-state index contributed by atoms with van der Waals surface area (Å²) in [7, 11) is 2.16. The number of ether oxygens (including phenoxy) is 1. The number of hydrogen-bond acceptors (Lipinski definition) is 5. The molecule has 0 bridgehead atoms. The Bertz CT molecular complexity index is 972. The van der Waals surface area contributed by atoms with Crippen molar-refractivity contribution in [3.8, 4) is 11.3 Å². The van der Waals surface area contributed by atoms with Crippen molar-refractivity contribution in [3.63, 3.8) is 0 Å². The molecule has 0 aromatic carbocycles. The zero-order valence-corrected chi connectivity index (χ0v) is 17.2. The highest BCUT2D eigenvalue weighted by Gasteiger charge is 2.65. The molecule has 3 heterocycles. The molecule has 9 heteroatoms. The summed E-state index contributed by atoms with van der Waals surface area (Å²) in [4.78, 5) is 6.16. The van der Waals surface area contributed by atoms with Gasteiger partial charge in [-0.1, -0.05) is 0 Å². The van der Waals surface area contributed by atoms with Gasteiger partial charge in [-0.05, 0) is 51.3 Å². The minimum absolute atomic E-state index is 0.102. The van der Waals surface area contributed by atoms with Gasteiger partial charge in [-0.15, -0.1) is 0 Å². The smallest absolute Gasteiger partial charge is 0.383 e. The summed E-state index contributed by atoms with van der Waals surface area (Å²) in [6.07, 6.45) is -1.86. The van der Waals surface area contributed by atoms with Crippen molar-refractivity contribution in [2.24, 2.45) is 11.8 Å². The van der Waals surface area contributed by atoms with Gasteiger partial charge < -0.3 is 10.5 Å². The number of halogens is 3. The number of morpholine rings is 1. The van der Waals surface area contributed by atoms with Gasteiger partial charge in [0, 0.05) is 42.0 Å². The monoisotopic (exact) mass is 421 g/mol. The molecule has 2 aromatic heterocycles. The van der Waals surface area contributed by atoms with Gasteiger partial charge in [-0.25, -0.2) is 4.98 Å². The van der Waals surface area contributed by atoms with E-state index in [1.54, 1.807) is 0 Å². The quantitative estimate of drug-likeness (QED) is 0.821. The third-order valence-electron chi connectivity index (χ3n) is 6.94. The number of hydrogen-bond donors (Lipinski definition) is 1. The summed E-state index contributed by atoms with van der Waals surface area (Å²) in [5.74, 6) is 0.814. The van der Waals surface area contributed by atoms with Crippen molar-refractivity contribution in [1.82, 2.24) is 19.7 Å². The van der Waals surface area contributed by atoms with E-state index in [-0.39, 0.29) is 12.1 Å². The molecule has 0 amide bonds. The van der Waals surface area contributed by atoms with Gasteiger partial charge in [0.15, 0.2) is 0 Å². The molecule has 0 radical (unpaired) electrons. The number of fused-ring (bicyclic) bond motifs is 3. The molecule has 162 valence electrons. The maximum atomic E-state index is 13.3. The van der Waals surface area contributed by atoms with Crippen molar-refractivity contribution in [2.45, 2.75) is 50.6 Å². The number of alkyl halides is 3. The number of nitrogens with zero attached hydrogens (tertiary/aromatic N) is 4. The molecular formula is C21H26F3N5O. The van der Waals surface area contributed by atoms with Gasteiger partial charge >= 0.3 is 6.18 Å². The molecule has 5 unspecified atom stereocenters. The van der Waals surface area contributed by atoms with Crippen molar-refractivity contribution in [2.75, 3.05) is 25.9 Å². The number of nitrogen functional groups attached to an aromatic ring is 1. The van der Waals surface area contributed by atoms with Crippen LogP contribution in [0, 0.1) is 11.8 Å². The normalized spacial score (nSPS) is 31.1. The topological polar surface area (TPSA) is 69.2 Å². The van der Waals surface area contributed by atoms with Crippen LogP contribution in [0.2, 0.25) is 0 Å². The lowest BCUT2D eigenvalue weighted by Gasteiger charge is -2.37. The molecule has 0 spiro atoms. The fraction of sp³-hybridized carbons (Fsp3) is 0.619. The third-order valence-corrected chi connectivity index (χ3v) is 6.94. The summed E-state index contributed by atoms with van der Waals surface area (Å²) in [5.41, 5.74) is 6.44. The minimum Gasteiger partial charge on any atom is -0.383 e. The highest BCUT2D eigenvalue weighted by molar-refractivity contribution is 5.63. The average Bonchev–Trinajstić information content (AvgIpc) is 3.02. The second-order valence-corrected chi connectivity index (χ2v) is 9.03. The third kappa shape index (κ3) is 3.01. The molecule has 2 saturated carbocycles. The summed E-state index contributed by atoms with van der Waals surface area (Å²) in [6.45, 7) is 5.79. The molecule has 6 nitrogen and oxygen atoms in total. The molecule has 5 rings (SSSR count). The lowest BCUT2D eigenvalue weighted by molar-refractivity contribution is -0.137. The van der Waals surface area contributed by atoms with E-state index in [4.69, 9.17) is 10.5 Å². The summed E-state index contributed by atoms with van der Waals surface area (Å²) < 4.78 is 47.9. The average molecular weight is 421 g/mol. The minimum atomic E-state index is -4.55. The largest absolute Gasteiger partial charge is 0.419 e. The van der Waals surface area contributed by atoms with E-state index in [9.17, 15) is 13.2 Å². The number of anilines is 1. The first-order valence-electron chi connectivity index (χ1n) is 10.4. The highest BCUT2D eigenvalue weighted by atomic mass is 19.4. The predicted octanol–water partition coefficient (Wildman–Crippen LogP) is 3.56. The molecule has 30 heavy (non-hydrogen) atoms. The lowest BCUT2D eigenvalue weighted by atomic mass is 9.99. The van der Waals surface area contributed by atoms with Crippen LogP contribution in [-0.4, -0.2) is 52.0 Å². The molecule has 2 aliphatic carbocycles. The lowest BCUT2D eigenvalue weighted by Crippen LogP contribution is -2.48. The van der Waals surface area contributed by atoms with E-state index < -0.39 is 17.6 Å². The van der Waals surface area contributed by atoms with Crippen LogP contribution in [0.15, 0.2) is 18.3 Å². The van der Waals surface area contributed by atoms with Crippen LogP contribution < -0.4 is 5.73 Å². The first kappa shape index (κ1) is 19.8. The molecule has 2 N–H and O–H groups in total. The Labute approximate surface area is 173 Å². The van der Waals surface area contributed by atoms with Gasteiger partial charge in [-0.3, -0.25) is 9.58 Å². The van der Waals surface area contributed by atoms with Gasteiger partial charge in [0.2, 0.25) is 0 Å². The van der Waals surface area contributed by atoms with Crippen LogP contribution >= 0.6 is 0 Å². The Balaban J connectivity index is 1.48. The van der Waals surface area contributed by atoms with E-state index in [0.717, 1.165) is 31.3 Å². The number of nitrogens with two attached hydrogens (primary N) is 1. The Morgan fingerprint density at radius 2 is 2.03 bits per heavy atom. The first-order valence-corrected chi connectivity index (χ1v) is 10.4. The van der Waals surface area contributed by atoms with Crippen LogP contribution in [0.3, 0.4) is 0 Å². The van der Waals surface area contributed by atoms with Crippen molar-refractivity contribution >= 4 is 5.82 Å². The van der Waals surface area contributed by atoms with Crippen LogP contribution in [0.25, 0.3) is 11.3 Å². The fourth-order valence-electron chi connectivity index (χ4n) is 5.44. The molecule has 1 saturated heterocycles. The van der Waals surface area contributed by atoms with Crippen molar-refractivity contribution in [3.05, 3.63) is 29.6 Å². The Kier molecular flexibility index (Phi) is 4.41. The summed E-state index contributed by atoms with van der Waals surface area (Å²) in [5, 5.41) is 4.66. The maximum absolute atomic E-state index is 13.3. The van der Waals surface area contributed by atoms with E-state index in [2.05, 4.69) is 22.0 Å². The molecule has 2 aromatic rings. The maximum Gasteiger partial charge on any atom is 0.419 e. The van der Waals surface area contributed by atoms with Crippen molar-refractivity contribution in [1.29, 1.82) is 0 Å². The zero-order valence-electron chi connectivity index (χ0n) is 17.2. The van der Waals surface area contributed by atoms with E-state index >= 15 is 0 Å². The van der Waals surface area contributed by atoms with Crippen LogP contribution in [0.5, 0.6) is 0 Å². The molecule has 5 atom stereocenters. The van der Waals surface area contributed by atoms with Gasteiger partial charge in [0.25, 0.3) is 0 Å². The second-order valence-electron chi connectivity index (χ2n) is 9.03. The summed E-state index contributed by atoms with van der Waals surface area (Å²) >= 11 is 0. The van der Waals surface area contributed by atoms with Crippen LogP contribution in [-0.2, 0) is 10.9 Å². The molecule has 3 aliphatic rings. The first-order chi connectivity index (χ1) is 14.2. The van der Waals surface area contributed by atoms with E-state index in [0.29, 0.717) is 35.1 Å². The standard InChI is InChI=1S/C21H26F3N5O/c1-10(2)29-15(17-12-7-16-19(18(12)17)30-5-4-28(16)3)8-14(27-29)11-6-13(21(22,23)24)20(25)26-9-11/h6,8-10,12,16-19H,4-5,7H2,1-3H3,(H2,25,26). The SMILES string of the molecule is CC(C)n1nc(-c2cnc(N)c(C(F)(F)F)c2)cc1C1C2CC3C(OCCN3C)C21. The van der Waals surface area contributed by atoms with Gasteiger partial charge in [0.1, 0.15) is 5.82 Å². The van der Waals surface area contributed by atoms with Gasteiger partial charge in [0.05, 0.1) is 24.0 Å². The van der Waals surface area contributed by atoms with Crippen LogP contribution in [0.4, 0.5) is 19.0 Å². The Morgan fingerprint density at radius 3 is 2.73 bits per heavy atom. The predicted molar refractivity (Wildman–Crippen MR) is 106 cm³/mol. The van der Waals surface area contributed by atoms with E-state index in [1.165, 1.54) is 6.20 Å². The number of aromatic nitrogens is 3. The number of pyridine rings is 1. The fourth-order valence-corrected chi connectivity index (χ4v) is 5.44. The number of rotatable bonds is 3. The Hall–Kier alpha value is -2.13. The second kappa shape index (κ2) is 6.68. The molecule has 3 fully saturated rings. The van der Waals surface area contributed by atoms with Gasteiger partial charge in [-0.2, -0.15) is 18.3 Å². The highest BCUT2D eigenvalue weighted by Crippen LogP contribution is 2.65. The summed E-state index contributed by atoms with van der Waals surface area (Å²) in [6, 6.07) is 3.54. The molecular weight excluding hydrogens is 395 g/mol. The zero-order chi connectivity index (χ0) is 21.4. The Morgan fingerprint density at radius 1 is 1.27 bits per heavy atom. The van der Waals surface area contributed by atoms with E-state index in [1.807, 2.05) is 24.6 Å². The van der Waals surface area contributed by atoms with Crippen LogP contribution in [0.1, 0.15) is 43.5 Å². The van der Waals surface area contributed by atoms with Crippen molar-refractivity contribution < 1.29 is 17.9 Å². The molecule has 1 aliphatic heterocycles.